The highest BCUT2D eigenvalue weighted by molar-refractivity contribution is 5.74. The molecule has 0 aromatic rings. The molecule has 2 aliphatic rings. The number of hydrogen-bond donors (Lipinski definition) is 0. The molecule has 4 unspecified atom stereocenters. The second-order valence-corrected chi connectivity index (χ2v) is 7.04. The van der Waals surface area contributed by atoms with E-state index in [2.05, 4.69) is 25.3 Å². The molecule has 0 radical (unpaired) electrons. The SMILES string of the molecule is C=CC1(C)CC(=O)OC2(C#CC)C(OCC)C(C)CC[C@@]12OCC. The van der Waals surface area contributed by atoms with Crippen LogP contribution in [0.5, 0.6) is 0 Å². The zero-order valence-electron chi connectivity index (χ0n) is 15.6. The minimum atomic E-state index is -1.11. The maximum absolute atomic E-state index is 12.5. The summed E-state index contributed by atoms with van der Waals surface area (Å²) in [5.41, 5.74) is -2.42. The molecule has 2 rings (SSSR count). The van der Waals surface area contributed by atoms with E-state index in [9.17, 15) is 4.79 Å². The zero-order chi connectivity index (χ0) is 18.0. The van der Waals surface area contributed by atoms with E-state index in [1.54, 1.807) is 6.92 Å². The van der Waals surface area contributed by atoms with E-state index in [1.807, 2.05) is 26.8 Å². The van der Waals surface area contributed by atoms with Gasteiger partial charge in [-0.05, 0) is 45.5 Å². The van der Waals surface area contributed by atoms with Crippen molar-refractivity contribution in [2.24, 2.45) is 11.3 Å². The predicted octanol–water partition coefficient (Wildman–Crippen LogP) is 3.50. The number of esters is 1. The van der Waals surface area contributed by atoms with E-state index in [1.165, 1.54) is 0 Å². The first-order valence-electron chi connectivity index (χ1n) is 8.91. The molecule has 134 valence electrons. The Morgan fingerprint density at radius 2 is 2.12 bits per heavy atom. The molecular weight excluding hydrogens is 304 g/mol. The highest BCUT2D eigenvalue weighted by Gasteiger charge is 2.72. The lowest BCUT2D eigenvalue weighted by Crippen LogP contribution is -2.76. The molecule has 4 heteroatoms. The molecule has 5 atom stereocenters. The quantitative estimate of drug-likeness (QED) is 0.438. The van der Waals surface area contributed by atoms with Crippen LogP contribution in [0.2, 0.25) is 0 Å². The smallest absolute Gasteiger partial charge is 0.308 e. The van der Waals surface area contributed by atoms with Crippen LogP contribution in [0.25, 0.3) is 0 Å². The van der Waals surface area contributed by atoms with Crippen LogP contribution >= 0.6 is 0 Å². The van der Waals surface area contributed by atoms with Crippen molar-refractivity contribution in [1.82, 2.24) is 0 Å². The summed E-state index contributed by atoms with van der Waals surface area (Å²) in [7, 11) is 0. The molecule has 0 N–H and O–H groups in total. The lowest BCUT2D eigenvalue weighted by molar-refractivity contribution is -0.296. The van der Waals surface area contributed by atoms with Gasteiger partial charge in [-0.3, -0.25) is 4.79 Å². The predicted molar refractivity (Wildman–Crippen MR) is 93.4 cm³/mol. The second-order valence-electron chi connectivity index (χ2n) is 7.04. The van der Waals surface area contributed by atoms with Gasteiger partial charge in [0.15, 0.2) is 0 Å². The van der Waals surface area contributed by atoms with Crippen LogP contribution in [0.1, 0.15) is 53.9 Å². The van der Waals surface area contributed by atoms with Crippen molar-refractivity contribution in [2.45, 2.75) is 71.2 Å². The first-order valence-corrected chi connectivity index (χ1v) is 8.91. The van der Waals surface area contributed by atoms with E-state index in [0.717, 1.165) is 12.8 Å². The minimum absolute atomic E-state index is 0.222. The summed E-state index contributed by atoms with van der Waals surface area (Å²) in [4.78, 5) is 12.5. The average Bonchev–Trinajstić information content (AvgIpc) is 2.53. The Kier molecular flexibility index (Phi) is 5.47. The Balaban J connectivity index is 2.76. The number of carbonyl (C=O) groups excluding carboxylic acids is 1. The van der Waals surface area contributed by atoms with Gasteiger partial charge in [0.1, 0.15) is 11.7 Å². The van der Waals surface area contributed by atoms with Gasteiger partial charge < -0.3 is 14.2 Å². The molecule has 2 fully saturated rings. The van der Waals surface area contributed by atoms with Gasteiger partial charge in [0.2, 0.25) is 5.60 Å². The number of ether oxygens (including phenoxy) is 3. The van der Waals surface area contributed by atoms with Gasteiger partial charge in [-0.15, -0.1) is 12.5 Å². The van der Waals surface area contributed by atoms with Gasteiger partial charge in [0.25, 0.3) is 0 Å². The van der Waals surface area contributed by atoms with Gasteiger partial charge in [-0.25, -0.2) is 0 Å². The molecule has 0 amide bonds. The third-order valence-electron chi connectivity index (χ3n) is 5.68. The fourth-order valence-corrected chi connectivity index (χ4v) is 4.58. The number of rotatable bonds is 5. The van der Waals surface area contributed by atoms with Gasteiger partial charge in [-0.1, -0.05) is 19.9 Å². The molecule has 0 aromatic carbocycles. The van der Waals surface area contributed by atoms with Gasteiger partial charge in [0.05, 0.1) is 6.42 Å². The summed E-state index contributed by atoms with van der Waals surface area (Å²) in [5.74, 6) is 6.15. The Labute approximate surface area is 145 Å². The highest BCUT2D eigenvalue weighted by Crippen LogP contribution is 2.59. The van der Waals surface area contributed by atoms with Gasteiger partial charge in [-0.2, -0.15) is 0 Å². The molecule has 1 saturated heterocycles. The van der Waals surface area contributed by atoms with Crippen LogP contribution in [0.4, 0.5) is 0 Å². The first-order chi connectivity index (χ1) is 11.4. The number of hydrogen-bond acceptors (Lipinski definition) is 4. The van der Waals surface area contributed by atoms with Crippen molar-refractivity contribution in [1.29, 1.82) is 0 Å². The zero-order valence-corrected chi connectivity index (χ0v) is 15.6. The summed E-state index contributed by atoms with van der Waals surface area (Å²) >= 11 is 0. The first kappa shape index (κ1) is 19.0. The molecule has 0 spiro atoms. The maximum Gasteiger partial charge on any atom is 0.308 e. The summed E-state index contributed by atoms with van der Waals surface area (Å²) in [6.07, 6.45) is 3.46. The summed E-state index contributed by atoms with van der Waals surface area (Å²) < 4.78 is 18.5. The van der Waals surface area contributed by atoms with Crippen LogP contribution in [-0.2, 0) is 19.0 Å². The Morgan fingerprint density at radius 3 is 2.67 bits per heavy atom. The van der Waals surface area contributed by atoms with Crippen molar-refractivity contribution >= 4 is 5.97 Å². The third kappa shape index (κ3) is 2.50. The number of carbonyl (C=O) groups is 1. The molecule has 1 saturated carbocycles. The monoisotopic (exact) mass is 334 g/mol. The molecule has 4 nitrogen and oxygen atoms in total. The normalized spacial score (nSPS) is 41.6. The van der Waals surface area contributed by atoms with Crippen LogP contribution in [0.15, 0.2) is 12.7 Å². The summed E-state index contributed by atoms with van der Waals surface area (Å²) in [5, 5.41) is 0. The lowest BCUT2D eigenvalue weighted by Gasteiger charge is -2.62. The molecule has 24 heavy (non-hydrogen) atoms. The Morgan fingerprint density at radius 1 is 1.42 bits per heavy atom. The molecule has 0 aromatic heterocycles. The minimum Gasteiger partial charge on any atom is -0.440 e. The molecule has 1 aliphatic carbocycles. The fraction of sp³-hybridized carbons (Fsp3) is 0.750. The molecule has 1 aliphatic heterocycles. The van der Waals surface area contributed by atoms with Crippen molar-refractivity contribution < 1.29 is 19.0 Å². The third-order valence-corrected chi connectivity index (χ3v) is 5.68. The average molecular weight is 334 g/mol. The van der Waals surface area contributed by atoms with Crippen LogP contribution < -0.4 is 0 Å². The number of fused-ring (bicyclic) bond motifs is 1. The van der Waals surface area contributed by atoms with Gasteiger partial charge in [0, 0.05) is 18.6 Å². The standard InChI is InChI=1S/C20H30O4/c1-7-12-19-17(22-9-3)15(5)11-13-20(19,23-10-4)18(6,8-2)14-16(21)24-19/h8,15,17H,2,9-11,13-14H2,1,3-6H3/t15?,17?,18?,19?,20-/m1/s1. The molecule has 0 bridgehead atoms. The van der Waals surface area contributed by atoms with E-state index < -0.39 is 16.6 Å². The van der Waals surface area contributed by atoms with Crippen molar-refractivity contribution in [3.05, 3.63) is 12.7 Å². The fourth-order valence-electron chi connectivity index (χ4n) is 4.58. The van der Waals surface area contributed by atoms with Crippen molar-refractivity contribution in [3.8, 4) is 11.8 Å². The topological polar surface area (TPSA) is 44.8 Å². The maximum atomic E-state index is 12.5. The highest BCUT2D eigenvalue weighted by atomic mass is 16.6. The van der Waals surface area contributed by atoms with E-state index in [-0.39, 0.29) is 24.4 Å². The van der Waals surface area contributed by atoms with E-state index in [4.69, 9.17) is 14.2 Å². The lowest BCUT2D eigenvalue weighted by atomic mass is 9.53. The van der Waals surface area contributed by atoms with Crippen LogP contribution in [0, 0.1) is 23.2 Å². The Bertz CT molecular complexity index is 560. The van der Waals surface area contributed by atoms with Crippen LogP contribution in [-0.4, -0.2) is 36.5 Å². The largest absolute Gasteiger partial charge is 0.440 e. The summed E-state index contributed by atoms with van der Waals surface area (Å²) in [6.45, 7) is 14.9. The van der Waals surface area contributed by atoms with Gasteiger partial charge >= 0.3 is 5.97 Å². The van der Waals surface area contributed by atoms with E-state index in [0.29, 0.717) is 13.2 Å². The van der Waals surface area contributed by atoms with Crippen LogP contribution in [0.3, 0.4) is 0 Å². The molecule has 1 heterocycles. The Hall–Kier alpha value is -1.31. The summed E-state index contributed by atoms with van der Waals surface area (Å²) in [6, 6.07) is 0. The molecular formula is C20H30O4. The van der Waals surface area contributed by atoms with Crippen molar-refractivity contribution in [3.63, 3.8) is 0 Å². The second kappa shape index (κ2) is 6.90. The van der Waals surface area contributed by atoms with Crippen molar-refractivity contribution in [2.75, 3.05) is 13.2 Å². The van der Waals surface area contributed by atoms with E-state index >= 15 is 0 Å².